The summed E-state index contributed by atoms with van der Waals surface area (Å²) in [6, 6.07) is 16.2. The van der Waals surface area contributed by atoms with Crippen LogP contribution in [0.5, 0.6) is 0 Å². The van der Waals surface area contributed by atoms with E-state index in [1.54, 1.807) is 42.5 Å². The average Bonchev–Trinajstić information content (AvgIpc) is 2.70. The maximum Gasteiger partial charge on any atom is 0.242 e. The Bertz CT molecular complexity index is 1140. The Morgan fingerprint density at radius 1 is 0.967 bits per heavy atom. The highest BCUT2D eigenvalue weighted by molar-refractivity contribution is 9.10. The van der Waals surface area contributed by atoms with E-state index in [1.165, 1.54) is 12.1 Å². The lowest BCUT2D eigenvalue weighted by Gasteiger charge is -2.19. The molecule has 30 heavy (non-hydrogen) atoms. The summed E-state index contributed by atoms with van der Waals surface area (Å²) in [5, 5.41) is 2.33. The van der Waals surface area contributed by atoms with Crippen LogP contribution in [0.25, 0.3) is 0 Å². The lowest BCUT2D eigenvalue weighted by molar-refractivity contribution is -0.117. The highest BCUT2D eigenvalue weighted by Gasteiger charge is 2.27. The molecular formula is C21H17BrF2N2O3S. The lowest BCUT2D eigenvalue weighted by Crippen LogP contribution is -2.45. The molecule has 0 spiro atoms. The highest BCUT2D eigenvalue weighted by atomic mass is 79.9. The number of carbonyl (C=O) groups excluding carboxylic acids is 1. The molecule has 0 fully saturated rings. The molecule has 0 aliphatic heterocycles. The Labute approximate surface area is 181 Å². The normalized spacial score (nSPS) is 12.4. The number of carbonyl (C=O) groups is 1. The van der Waals surface area contributed by atoms with Crippen molar-refractivity contribution in [3.8, 4) is 0 Å². The third kappa shape index (κ3) is 5.71. The number of hydrogen-bond acceptors (Lipinski definition) is 3. The van der Waals surface area contributed by atoms with Crippen molar-refractivity contribution in [2.45, 2.75) is 17.4 Å². The summed E-state index contributed by atoms with van der Waals surface area (Å²) in [6.07, 6.45) is 0.0330. The van der Waals surface area contributed by atoms with Gasteiger partial charge in [-0.25, -0.2) is 17.2 Å². The van der Waals surface area contributed by atoms with E-state index in [4.69, 9.17) is 0 Å². The van der Waals surface area contributed by atoms with Crippen LogP contribution >= 0.6 is 15.9 Å². The quantitative estimate of drug-likeness (QED) is 0.515. The van der Waals surface area contributed by atoms with E-state index in [9.17, 15) is 22.0 Å². The summed E-state index contributed by atoms with van der Waals surface area (Å²) in [7, 11) is -4.04. The van der Waals surface area contributed by atoms with E-state index >= 15 is 0 Å². The first kappa shape index (κ1) is 22.1. The van der Waals surface area contributed by atoms with Gasteiger partial charge in [0.15, 0.2) is 0 Å². The number of benzene rings is 3. The van der Waals surface area contributed by atoms with Gasteiger partial charge in [-0.15, -0.1) is 0 Å². The zero-order valence-electron chi connectivity index (χ0n) is 15.5. The molecule has 0 aromatic heterocycles. The topological polar surface area (TPSA) is 75.3 Å². The molecule has 0 unspecified atom stereocenters. The number of sulfonamides is 1. The number of nitrogens with one attached hydrogen (secondary N) is 2. The molecule has 0 aliphatic rings. The van der Waals surface area contributed by atoms with Crippen LogP contribution in [0.15, 0.2) is 82.2 Å². The minimum atomic E-state index is -4.04. The van der Waals surface area contributed by atoms with Gasteiger partial charge in [-0.3, -0.25) is 4.79 Å². The fraction of sp³-hybridized carbons (Fsp3) is 0.0952. The second-order valence-electron chi connectivity index (χ2n) is 6.43. The third-order valence-corrected chi connectivity index (χ3v) is 6.23. The van der Waals surface area contributed by atoms with E-state index in [2.05, 4.69) is 26.0 Å². The van der Waals surface area contributed by atoms with Gasteiger partial charge in [-0.05, 0) is 48.4 Å². The molecule has 9 heteroatoms. The summed E-state index contributed by atoms with van der Waals surface area (Å²) < 4.78 is 55.7. The zero-order valence-corrected chi connectivity index (χ0v) is 17.9. The van der Waals surface area contributed by atoms with Gasteiger partial charge in [-0.1, -0.05) is 46.3 Å². The predicted octanol–water partition coefficient (Wildman–Crippen LogP) is 4.26. The van der Waals surface area contributed by atoms with Gasteiger partial charge in [0.25, 0.3) is 0 Å². The number of amides is 1. The molecule has 3 rings (SSSR count). The lowest BCUT2D eigenvalue weighted by atomic mass is 10.1. The van der Waals surface area contributed by atoms with Crippen LogP contribution in [0.1, 0.15) is 5.56 Å². The van der Waals surface area contributed by atoms with Gasteiger partial charge < -0.3 is 5.32 Å². The van der Waals surface area contributed by atoms with E-state index in [0.717, 1.165) is 12.1 Å². The van der Waals surface area contributed by atoms with Crippen LogP contribution in [0, 0.1) is 11.6 Å². The van der Waals surface area contributed by atoms with Crippen molar-refractivity contribution in [2.75, 3.05) is 5.32 Å². The second kappa shape index (κ2) is 9.46. The van der Waals surface area contributed by atoms with Crippen LogP contribution in [-0.4, -0.2) is 20.4 Å². The largest absolute Gasteiger partial charge is 0.322 e. The van der Waals surface area contributed by atoms with Gasteiger partial charge >= 0.3 is 0 Å². The van der Waals surface area contributed by atoms with Crippen molar-refractivity contribution in [2.24, 2.45) is 0 Å². The molecular weight excluding hydrogens is 478 g/mol. The van der Waals surface area contributed by atoms with E-state index in [-0.39, 0.29) is 17.0 Å². The number of anilines is 1. The van der Waals surface area contributed by atoms with Crippen LogP contribution in [0.2, 0.25) is 0 Å². The second-order valence-corrected chi connectivity index (χ2v) is 9.06. The molecule has 3 aromatic rings. The number of rotatable bonds is 7. The van der Waals surface area contributed by atoms with E-state index in [1.807, 2.05) is 0 Å². The first-order valence-electron chi connectivity index (χ1n) is 8.82. The van der Waals surface area contributed by atoms with Crippen LogP contribution in [0.3, 0.4) is 0 Å². The Hall–Kier alpha value is -2.62. The van der Waals surface area contributed by atoms with Crippen molar-refractivity contribution in [3.05, 3.63) is 94.5 Å². The van der Waals surface area contributed by atoms with Crippen molar-refractivity contribution in [3.63, 3.8) is 0 Å². The average molecular weight is 495 g/mol. The summed E-state index contributed by atoms with van der Waals surface area (Å²) in [5.41, 5.74) is 0.457. The Kier molecular flexibility index (Phi) is 6.96. The summed E-state index contributed by atoms with van der Waals surface area (Å²) in [4.78, 5) is 12.8. The van der Waals surface area contributed by atoms with Crippen LogP contribution in [-0.2, 0) is 21.2 Å². The molecule has 3 aromatic carbocycles. The van der Waals surface area contributed by atoms with E-state index < -0.39 is 33.6 Å². The van der Waals surface area contributed by atoms with Gasteiger partial charge in [0.2, 0.25) is 15.9 Å². The molecule has 1 atom stereocenters. The molecule has 5 nitrogen and oxygen atoms in total. The maximum absolute atomic E-state index is 13.9. The zero-order chi connectivity index (χ0) is 21.7. The Balaban J connectivity index is 1.87. The van der Waals surface area contributed by atoms with Crippen molar-refractivity contribution < 1.29 is 22.0 Å². The fourth-order valence-electron chi connectivity index (χ4n) is 2.72. The molecule has 0 bridgehead atoms. The highest BCUT2D eigenvalue weighted by Crippen LogP contribution is 2.18. The monoisotopic (exact) mass is 494 g/mol. The van der Waals surface area contributed by atoms with Crippen molar-refractivity contribution >= 4 is 37.5 Å². The van der Waals surface area contributed by atoms with Crippen LogP contribution < -0.4 is 10.0 Å². The van der Waals surface area contributed by atoms with E-state index in [0.29, 0.717) is 16.1 Å². The molecule has 1 amide bonds. The Morgan fingerprint density at radius 3 is 2.27 bits per heavy atom. The van der Waals surface area contributed by atoms with Crippen molar-refractivity contribution in [1.82, 2.24) is 4.72 Å². The van der Waals surface area contributed by atoms with Gasteiger partial charge in [0.05, 0.1) is 10.6 Å². The van der Waals surface area contributed by atoms with Gasteiger partial charge in [0.1, 0.15) is 17.7 Å². The van der Waals surface area contributed by atoms with Gasteiger partial charge in [-0.2, -0.15) is 4.72 Å². The summed E-state index contributed by atoms with van der Waals surface area (Å²) >= 11 is 3.24. The molecule has 156 valence electrons. The van der Waals surface area contributed by atoms with Gasteiger partial charge in [0, 0.05) is 10.5 Å². The minimum Gasteiger partial charge on any atom is -0.322 e. The standard InChI is InChI=1S/C21H17BrF2N2O3S/c22-15-6-9-17(10-7-15)30(28,29)26-20(12-14-4-2-1-3-5-14)21(27)25-19-11-8-16(23)13-18(19)24/h1-11,13,20,26H,12H2,(H,25,27)/t20-/m0/s1. The molecule has 0 heterocycles. The number of hydrogen-bond donors (Lipinski definition) is 2. The number of halogens is 3. The maximum atomic E-state index is 13.9. The van der Waals surface area contributed by atoms with Crippen LogP contribution in [0.4, 0.5) is 14.5 Å². The molecule has 2 N–H and O–H groups in total. The SMILES string of the molecule is O=C(Nc1ccc(F)cc1F)[C@H](Cc1ccccc1)NS(=O)(=O)c1ccc(Br)cc1. The summed E-state index contributed by atoms with van der Waals surface area (Å²) in [5.74, 6) is -2.52. The third-order valence-electron chi connectivity index (χ3n) is 4.21. The minimum absolute atomic E-state index is 0.0236. The molecule has 0 saturated carbocycles. The molecule has 0 aliphatic carbocycles. The first-order chi connectivity index (χ1) is 14.2. The first-order valence-corrected chi connectivity index (χ1v) is 11.1. The molecule has 0 saturated heterocycles. The molecule has 0 radical (unpaired) electrons. The smallest absolute Gasteiger partial charge is 0.242 e. The van der Waals surface area contributed by atoms with Crippen molar-refractivity contribution in [1.29, 1.82) is 0 Å². The fourth-order valence-corrected chi connectivity index (χ4v) is 4.18. The Morgan fingerprint density at radius 2 is 1.63 bits per heavy atom. The predicted molar refractivity (Wildman–Crippen MR) is 113 cm³/mol. The summed E-state index contributed by atoms with van der Waals surface area (Å²) in [6.45, 7) is 0.